The fourth-order valence-electron chi connectivity index (χ4n) is 1.64. The summed E-state index contributed by atoms with van der Waals surface area (Å²) in [4.78, 5) is 0. The fourth-order valence-corrected chi connectivity index (χ4v) is 1.64. The molecular weight excluding hydrogens is 150 g/mol. The lowest BCUT2D eigenvalue weighted by atomic mass is 9.97. The summed E-state index contributed by atoms with van der Waals surface area (Å²) in [6.45, 7) is 2.00. The molecule has 0 unspecified atom stereocenters. The predicted molar refractivity (Wildman–Crippen MR) is 51.1 cm³/mol. The Morgan fingerprint density at radius 2 is 1.42 bits per heavy atom. The number of hydrogen-bond donors (Lipinski definition) is 1. The van der Waals surface area contributed by atoms with Crippen LogP contribution in [0.3, 0.4) is 0 Å². The Hall–Kier alpha value is -0.0800. The molecule has 2 rings (SSSR count). The van der Waals surface area contributed by atoms with Crippen LogP contribution in [0.1, 0.15) is 44.9 Å². The van der Waals surface area contributed by atoms with Crippen molar-refractivity contribution < 1.29 is 4.74 Å². The Morgan fingerprint density at radius 1 is 0.833 bits per heavy atom. The summed E-state index contributed by atoms with van der Waals surface area (Å²) in [5.41, 5.74) is 5.63. The smallest absolute Gasteiger partial charge is 0.0466 e. The largest absolute Gasteiger partial charge is 0.381 e. The maximum atomic E-state index is 5.63. The highest BCUT2D eigenvalue weighted by molar-refractivity contribution is 4.66. The molecule has 1 saturated heterocycles. The molecule has 1 saturated carbocycles. The van der Waals surface area contributed by atoms with E-state index in [4.69, 9.17) is 10.5 Å². The molecule has 2 heteroatoms. The lowest BCUT2D eigenvalue weighted by Crippen LogP contribution is -2.22. The van der Waals surface area contributed by atoms with Crippen molar-refractivity contribution in [2.75, 3.05) is 13.2 Å². The van der Waals surface area contributed by atoms with Crippen LogP contribution >= 0.6 is 0 Å². The third kappa shape index (κ3) is 4.73. The molecule has 0 amide bonds. The van der Waals surface area contributed by atoms with Crippen molar-refractivity contribution in [2.24, 2.45) is 5.73 Å². The molecule has 0 aromatic carbocycles. The highest BCUT2D eigenvalue weighted by Crippen LogP contribution is 2.14. The molecule has 2 nitrogen and oxygen atoms in total. The summed E-state index contributed by atoms with van der Waals surface area (Å²) in [6, 6.07) is 0.536. The van der Waals surface area contributed by atoms with Gasteiger partial charge in [-0.2, -0.15) is 0 Å². The van der Waals surface area contributed by atoms with Gasteiger partial charge in [-0.3, -0.25) is 0 Å². The van der Waals surface area contributed by atoms with E-state index in [2.05, 4.69) is 0 Å². The predicted octanol–water partition coefficient (Wildman–Crippen LogP) is 2.07. The van der Waals surface area contributed by atoms with Crippen LogP contribution in [0, 0.1) is 0 Å². The normalized spacial score (nSPS) is 24.8. The van der Waals surface area contributed by atoms with Gasteiger partial charge in [0.25, 0.3) is 0 Å². The summed E-state index contributed by atoms with van der Waals surface area (Å²) >= 11 is 0. The highest BCUT2D eigenvalue weighted by atomic mass is 16.5. The van der Waals surface area contributed by atoms with Crippen molar-refractivity contribution >= 4 is 0 Å². The molecule has 1 heterocycles. The van der Waals surface area contributed by atoms with Crippen molar-refractivity contribution in [2.45, 2.75) is 51.0 Å². The Kier molecular flexibility index (Phi) is 5.37. The van der Waals surface area contributed by atoms with Crippen molar-refractivity contribution in [3.05, 3.63) is 0 Å². The van der Waals surface area contributed by atoms with Gasteiger partial charge in [0.1, 0.15) is 0 Å². The zero-order valence-electron chi connectivity index (χ0n) is 7.93. The minimum absolute atomic E-state index is 0.536. The molecule has 1 aliphatic heterocycles. The van der Waals surface area contributed by atoms with E-state index < -0.39 is 0 Å². The molecule has 0 atom stereocenters. The standard InChI is InChI=1S/C6H13N.C4H8O/c7-6-4-2-1-3-5-6;1-2-4-5-3-1/h6H,1-5,7H2;1-4H2. The second-order valence-electron chi connectivity index (χ2n) is 3.72. The van der Waals surface area contributed by atoms with E-state index in [1.54, 1.807) is 0 Å². The van der Waals surface area contributed by atoms with Crippen molar-refractivity contribution in [3.63, 3.8) is 0 Å². The Labute approximate surface area is 75.5 Å². The first-order chi connectivity index (χ1) is 5.89. The van der Waals surface area contributed by atoms with Gasteiger partial charge >= 0.3 is 0 Å². The second kappa shape index (κ2) is 6.44. The Balaban J connectivity index is 0.000000127. The van der Waals surface area contributed by atoms with Crippen LogP contribution in [-0.2, 0) is 4.74 Å². The minimum Gasteiger partial charge on any atom is -0.381 e. The maximum absolute atomic E-state index is 5.63. The fraction of sp³-hybridized carbons (Fsp3) is 1.00. The second-order valence-corrected chi connectivity index (χ2v) is 3.72. The van der Waals surface area contributed by atoms with E-state index in [1.165, 1.54) is 44.9 Å². The quantitative estimate of drug-likeness (QED) is 0.605. The van der Waals surface area contributed by atoms with Crippen molar-refractivity contribution in [1.29, 1.82) is 0 Å². The third-order valence-electron chi connectivity index (χ3n) is 2.48. The maximum Gasteiger partial charge on any atom is 0.0466 e. The average molecular weight is 171 g/mol. The molecule has 12 heavy (non-hydrogen) atoms. The Morgan fingerprint density at radius 3 is 1.67 bits per heavy atom. The van der Waals surface area contributed by atoms with Crippen LogP contribution in [0.25, 0.3) is 0 Å². The number of ether oxygens (including phenoxy) is 1. The number of nitrogens with two attached hydrogens (primary N) is 1. The first-order valence-corrected chi connectivity index (χ1v) is 5.23. The molecule has 1 aliphatic carbocycles. The first kappa shape index (κ1) is 10.0. The molecule has 2 aliphatic rings. The summed E-state index contributed by atoms with van der Waals surface area (Å²) in [7, 11) is 0. The summed E-state index contributed by atoms with van der Waals surface area (Å²) in [5, 5.41) is 0. The molecule has 2 fully saturated rings. The van der Waals surface area contributed by atoms with Gasteiger partial charge < -0.3 is 10.5 Å². The van der Waals surface area contributed by atoms with Gasteiger partial charge in [-0.25, -0.2) is 0 Å². The van der Waals surface area contributed by atoms with Gasteiger partial charge in [0.15, 0.2) is 0 Å². The van der Waals surface area contributed by atoms with Crippen LogP contribution < -0.4 is 5.73 Å². The van der Waals surface area contributed by atoms with E-state index in [-0.39, 0.29) is 0 Å². The molecule has 0 aromatic rings. The molecular formula is C10H21NO. The van der Waals surface area contributed by atoms with E-state index >= 15 is 0 Å². The molecule has 0 bridgehead atoms. The van der Waals surface area contributed by atoms with E-state index in [0.29, 0.717) is 6.04 Å². The van der Waals surface area contributed by atoms with Gasteiger partial charge in [-0.1, -0.05) is 19.3 Å². The van der Waals surface area contributed by atoms with Gasteiger partial charge in [0.05, 0.1) is 0 Å². The first-order valence-electron chi connectivity index (χ1n) is 5.23. The lowest BCUT2D eigenvalue weighted by Gasteiger charge is -2.15. The van der Waals surface area contributed by atoms with E-state index in [1.807, 2.05) is 0 Å². The van der Waals surface area contributed by atoms with E-state index in [0.717, 1.165) is 13.2 Å². The zero-order chi connectivity index (χ0) is 8.65. The van der Waals surface area contributed by atoms with Crippen molar-refractivity contribution in [3.8, 4) is 0 Å². The van der Waals surface area contributed by atoms with Crippen LogP contribution in [0.5, 0.6) is 0 Å². The summed E-state index contributed by atoms with van der Waals surface area (Å²) < 4.78 is 4.94. The molecule has 2 N–H and O–H groups in total. The van der Waals surface area contributed by atoms with Crippen LogP contribution in [0.4, 0.5) is 0 Å². The topological polar surface area (TPSA) is 35.2 Å². The zero-order valence-corrected chi connectivity index (χ0v) is 7.93. The number of hydrogen-bond acceptors (Lipinski definition) is 2. The van der Waals surface area contributed by atoms with Gasteiger partial charge in [-0.05, 0) is 25.7 Å². The van der Waals surface area contributed by atoms with Crippen molar-refractivity contribution in [1.82, 2.24) is 0 Å². The van der Waals surface area contributed by atoms with Gasteiger partial charge in [-0.15, -0.1) is 0 Å². The third-order valence-corrected chi connectivity index (χ3v) is 2.48. The minimum atomic E-state index is 0.536. The summed E-state index contributed by atoms with van der Waals surface area (Å²) in [6.07, 6.45) is 9.22. The van der Waals surface area contributed by atoms with Gasteiger partial charge in [0.2, 0.25) is 0 Å². The summed E-state index contributed by atoms with van der Waals surface area (Å²) in [5.74, 6) is 0. The van der Waals surface area contributed by atoms with Crippen LogP contribution in [0.2, 0.25) is 0 Å². The molecule has 0 aromatic heterocycles. The van der Waals surface area contributed by atoms with E-state index in [9.17, 15) is 0 Å². The highest BCUT2D eigenvalue weighted by Gasteiger charge is 2.06. The van der Waals surface area contributed by atoms with Crippen LogP contribution in [0.15, 0.2) is 0 Å². The average Bonchev–Trinajstić information content (AvgIpc) is 2.62. The Bertz CT molecular complexity index is 88.4. The molecule has 0 radical (unpaired) electrons. The molecule has 0 spiro atoms. The molecule has 72 valence electrons. The van der Waals surface area contributed by atoms with Crippen LogP contribution in [-0.4, -0.2) is 19.3 Å². The van der Waals surface area contributed by atoms with Gasteiger partial charge in [0, 0.05) is 19.3 Å². The SMILES string of the molecule is C1CCOC1.NC1CCCCC1. The number of rotatable bonds is 0. The monoisotopic (exact) mass is 171 g/mol. The lowest BCUT2D eigenvalue weighted by molar-refractivity contribution is 0.198.